The van der Waals surface area contributed by atoms with Crippen LogP contribution in [0.2, 0.25) is 0 Å². The normalized spacial score (nSPS) is 29.4. The van der Waals surface area contributed by atoms with E-state index in [1.165, 1.54) is 0 Å². The number of carbonyl (C=O) groups is 1. The van der Waals surface area contributed by atoms with Gasteiger partial charge in [0.1, 0.15) is 6.04 Å². The first-order valence-electron chi connectivity index (χ1n) is 5.78. The molecule has 1 unspecified atom stereocenters. The second-order valence-electron chi connectivity index (χ2n) is 4.72. The topological polar surface area (TPSA) is 59.0 Å². The van der Waals surface area contributed by atoms with Gasteiger partial charge in [-0.2, -0.15) is 0 Å². The molecule has 0 radical (unpaired) electrons. The molecule has 0 spiro atoms. The minimum absolute atomic E-state index is 0.168. The number of nitrogens with zero attached hydrogens (tertiary/aromatic N) is 1. The summed E-state index contributed by atoms with van der Waals surface area (Å²) in [5.74, 6) is -0.168. The lowest BCUT2D eigenvalue weighted by atomic mass is 9.93. The van der Waals surface area contributed by atoms with Gasteiger partial charge in [-0.15, -0.1) is 0 Å². The molecule has 2 fully saturated rings. The van der Waals surface area contributed by atoms with Crippen molar-refractivity contribution in [1.29, 1.82) is 0 Å². The van der Waals surface area contributed by atoms with E-state index in [4.69, 9.17) is 9.47 Å². The number of aliphatic hydroxyl groups is 1. The van der Waals surface area contributed by atoms with E-state index in [9.17, 15) is 9.90 Å². The number of hydrogen-bond donors (Lipinski definition) is 1. The van der Waals surface area contributed by atoms with Gasteiger partial charge in [-0.3, -0.25) is 9.69 Å². The van der Waals surface area contributed by atoms with Gasteiger partial charge in [-0.05, 0) is 7.05 Å². The maximum atomic E-state index is 11.4. The maximum Gasteiger partial charge on any atom is 0.323 e. The average Bonchev–Trinajstić information content (AvgIpc) is 2.65. The van der Waals surface area contributed by atoms with Crippen LogP contribution >= 0.6 is 0 Å². The standard InChI is InChI=1S/C11H19NO4/c1-12(9-2-5-16-10(9)13)8-11(14)3-6-15-7-4-11/h9,14H,2-8H2,1H3. The number of cyclic esters (lactones) is 1. The summed E-state index contributed by atoms with van der Waals surface area (Å²) in [4.78, 5) is 13.3. The first kappa shape index (κ1) is 11.8. The van der Waals surface area contributed by atoms with Crippen LogP contribution in [0.5, 0.6) is 0 Å². The lowest BCUT2D eigenvalue weighted by Crippen LogP contribution is -2.49. The van der Waals surface area contributed by atoms with E-state index in [0.29, 0.717) is 39.2 Å². The Morgan fingerprint density at radius 3 is 2.69 bits per heavy atom. The number of carbonyl (C=O) groups excluding carboxylic acids is 1. The van der Waals surface area contributed by atoms with Gasteiger partial charge in [-0.1, -0.05) is 0 Å². The zero-order valence-electron chi connectivity index (χ0n) is 9.65. The van der Waals surface area contributed by atoms with Gasteiger partial charge in [0.2, 0.25) is 0 Å². The first-order valence-corrected chi connectivity index (χ1v) is 5.78. The molecular formula is C11H19NO4. The van der Waals surface area contributed by atoms with Crippen molar-refractivity contribution < 1.29 is 19.4 Å². The second kappa shape index (κ2) is 4.69. The molecule has 0 bridgehead atoms. The highest BCUT2D eigenvalue weighted by Crippen LogP contribution is 2.23. The van der Waals surface area contributed by atoms with Crippen molar-refractivity contribution in [2.45, 2.75) is 30.9 Å². The third-order valence-electron chi connectivity index (χ3n) is 3.41. The van der Waals surface area contributed by atoms with Crippen LogP contribution in [-0.2, 0) is 14.3 Å². The molecule has 5 heteroatoms. The highest BCUT2D eigenvalue weighted by atomic mass is 16.5. The molecule has 0 aliphatic carbocycles. The van der Waals surface area contributed by atoms with Crippen LogP contribution in [0.3, 0.4) is 0 Å². The monoisotopic (exact) mass is 229 g/mol. The summed E-state index contributed by atoms with van der Waals surface area (Å²) in [6.45, 7) is 2.20. The molecule has 0 aromatic heterocycles. The lowest BCUT2D eigenvalue weighted by molar-refractivity contribution is -0.143. The fourth-order valence-electron chi connectivity index (χ4n) is 2.37. The van der Waals surface area contributed by atoms with Gasteiger partial charge in [0.25, 0.3) is 0 Å². The molecule has 2 heterocycles. The molecule has 2 saturated heterocycles. The van der Waals surface area contributed by atoms with Crippen LogP contribution in [0.25, 0.3) is 0 Å². The van der Waals surface area contributed by atoms with Crippen LogP contribution in [0.15, 0.2) is 0 Å². The summed E-state index contributed by atoms with van der Waals surface area (Å²) in [7, 11) is 1.87. The van der Waals surface area contributed by atoms with Crippen molar-refractivity contribution in [3.8, 4) is 0 Å². The molecule has 2 aliphatic heterocycles. The van der Waals surface area contributed by atoms with Gasteiger partial charge < -0.3 is 14.6 Å². The van der Waals surface area contributed by atoms with Gasteiger partial charge in [-0.25, -0.2) is 0 Å². The quantitative estimate of drug-likeness (QED) is 0.678. The summed E-state index contributed by atoms with van der Waals surface area (Å²) in [5, 5.41) is 10.3. The molecule has 1 atom stereocenters. The van der Waals surface area contributed by atoms with Crippen molar-refractivity contribution in [3.63, 3.8) is 0 Å². The maximum absolute atomic E-state index is 11.4. The first-order chi connectivity index (χ1) is 7.61. The van der Waals surface area contributed by atoms with E-state index in [1.54, 1.807) is 0 Å². The van der Waals surface area contributed by atoms with Crippen LogP contribution in [0.1, 0.15) is 19.3 Å². The molecule has 1 N–H and O–H groups in total. The third-order valence-corrected chi connectivity index (χ3v) is 3.41. The second-order valence-corrected chi connectivity index (χ2v) is 4.72. The number of likely N-dealkylation sites (N-methyl/N-ethyl adjacent to an activating group) is 1. The van der Waals surface area contributed by atoms with Crippen LogP contribution in [0, 0.1) is 0 Å². The number of hydrogen-bond acceptors (Lipinski definition) is 5. The van der Waals surface area contributed by atoms with E-state index in [1.807, 2.05) is 11.9 Å². The predicted molar refractivity (Wildman–Crippen MR) is 57.0 cm³/mol. The Bertz CT molecular complexity index is 263. The fourth-order valence-corrected chi connectivity index (χ4v) is 2.37. The summed E-state index contributed by atoms with van der Waals surface area (Å²) >= 11 is 0. The van der Waals surface area contributed by atoms with E-state index >= 15 is 0 Å². The number of ether oxygens (including phenoxy) is 2. The summed E-state index contributed by atoms with van der Waals surface area (Å²) in [6, 6.07) is -0.188. The Balaban J connectivity index is 1.90. The van der Waals surface area contributed by atoms with Crippen molar-refractivity contribution >= 4 is 5.97 Å². The molecule has 0 aromatic carbocycles. The molecular weight excluding hydrogens is 210 g/mol. The van der Waals surface area contributed by atoms with Gasteiger partial charge in [0.15, 0.2) is 0 Å². The highest BCUT2D eigenvalue weighted by Gasteiger charge is 2.37. The zero-order chi connectivity index (χ0) is 11.6. The molecule has 2 aliphatic rings. The largest absolute Gasteiger partial charge is 0.464 e. The van der Waals surface area contributed by atoms with Gasteiger partial charge in [0.05, 0.1) is 12.2 Å². The number of rotatable bonds is 3. The molecule has 2 rings (SSSR count). The van der Waals surface area contributed by atoms with Crippen molar-refractivity contribution in [2.75, 3.05) is 33.4 Å². The van der Waals surface area contributed by atoms with E-state index in [2.05, 4.69) is 0 Å². The van der Waals surface area contributed by atoms with Crippen LogP contribution in [-0.4, -0.2) is 61.0 Å². The van der Waals surface area contributed by atoms with Crippen LogP contribution in [0.4, 0.5) is 0 Å². The molecule has 0 aromatic rings. The Kier molecular flexibility index (Phi) is 3.47. The lowest BCUT2D eigenvalue weighted by Gasteiger charge is -2.36. The third kappa shape index (κ3) is 2.53. The minimum Gasteiger partial charge on any atom is -0.464 e. The zero-order valence-corrected chi connectivity index (χ0v) is 9.65. The summed E-state index contributed by atoms with van der Waals surface area (Å²) in [6.07, 6.45) is 2.00. The van der Waals surface area contributed by atoms with Crippen molar-refractivity contribution in [1.82, 2.24) is 4.90 Å². The fraction of sp³-hybridized carbons (Fsp3) is 0.909. The Morgan fingerprint density at radius 2 is 2.12 bits per heavy atom. The number of esters is 1. The van der Waals surface area contributed by atoms with E-state index < -0.39 is 5.60 Å². The Labute approximate surface area is 95.3 Å². The van der Waals surface area contributed by atoms with Crippen molar-refractivity contribution in [2.24, 2.45) is 0 Å². The van der Waals surface area contributed by atoms with E-state index in [-0.39, 0.29) is 12.0 Å². The van der Waals surface area contributed by atoms with Crippen molar-refractivity contribution in [3.05, 3.63) is 0 Å². The predicted octanol–water partition coefficient (Wildman–Crippen LogP) is -0.225. The molecule has 5 nitrogen and oxygen atoms in total. The highest BCUT2D eigenvalue weighted by molar-refractivity contribution is 5.77. The summed E-state index contributed by atoms with van der Waals surface area (Å²) in [5.41, 5.74) is -0.712. The van der Waals surface area contributed by atoms with E-state index in [0.717, 1.165) is 6.42 Å². The molecule has 92 valence electrons. The molecule has 0 saturated carbocycles. The SMILES string of the molecule is CN(CC1(O)CCOCC1)C1CCOC1=O. The minimum atomic E-state index is -0.712. The van der Waals surface area contributed by atoms with Gasteiger partial charge >= 0.3 is 5.97 Å². The Morgan fingerprint density at radius 1 is 1.44 bits per heavy atom. The average molecular weight is 229 g/mol. The van der Waals surface area contributed by atoms with Gasteiger partial charge in [0, 0.05) is 39.0 Å². The molecule has 0 amide bonds. The Hall–Kier alpha value is -0.650. The molecule has 16 heavy (non-hydrogen) atoms. The van der Waals surface area contributed by atoms with Crippen LogP contribution < -0.4 is 0 Å². The summed E-state index contributed by atoms with van der Waals surface area (Å²) < 4.78 is 10.1. The smallest absolute Gasteiger partial charge is 0.323 e.